The first-order valence-corrected chi connectivity index (χ1v) is 5.58. The van der Waals surface area contributed by atoms with Crippen molar-refractivity contribution in [3.8, 4) is 0 Å². The molecule has 5 nitrogen and oxygen atoms in total. The van der Waals surface area contributed by atoms with Gasteiger partial charge in [0.05, 0.1) is 11.9 Å². The molecule has 17 heavy (non-hydrogen) atoms. The largest absolute Gasteiger partial charge is 0.339 e. The highest BCUT2D eigenvalue weighted by Gasteiger charge is 2.02. The van der Waals surface area contributed by atoms with Gasteiger partial charge in [-0.15, -0.1) is 0 Å². The minimum atomic E-state index is 0.872. The van der Waals surface area contributed by atoms with Gasteiger partial charge in [-0.1, -0.05) is 6.07 Å². The van der Waals surface area contributed by atoms with Crippen LogP contribution in [0.4, 0.5) is 11.5 Å². The van der Waals surface area contributed by atoms with E-state index in [9.17, 15) is 0 Å². The van der Waals surface area contributed by atoms with Crippen LogP contribution in [-0.4, -0.2) is 19.2 Å². The maximum atomic E-state index is 4.24. The molecule has 0 aromatic carbocycles. The standard InChI is InChI=1S/C12H13N5/c1-2-16-9-10(8-14-16)15-12-5-3-4-11-13-6-7-17(11)12/h3-9,15H,2H2,1H3. The van der Waals surface area contributed by atoms with Crippen molar-refractivity contribution in [3.05, 3.63) is 43.0 Å². The molecular weight excluding hydrogens is 214 g/mol. The fourth-order valence-electron chi connectivity index (χ4n) is 1.80. The molecule has 0 atom stereocenters. The predicted octanol–water partition coefficient (Wildman–Crippen LogP) is 2.29. The number of hydrogen-bond donors (Lipinski definition) is 1. The Morgan fingerprint density at radius 3 is 3.12 bits per heavy atom. The zero-order valence-electron chi connectivity index (χ0n) is 9.54. The molecule has 0 radical (unpaired) electrons. The number of hydrogen-bond acceptors (Lipinski definition) is 3. The number of nitrogens with zero attached hydrogens (tertiary/aromatic N) is 4. The molecule has 0 aliphatic heterocycles. The van der Waals surface area contributed by atoms with Crippen molar-refractivity contribution in [1.29, 1.82) is 0 Å². The van der Waals surface area contributed by atoms with Crippen LogP contribution in [0.2, 0.25) is 0 Å². The number of imidazole rings is 1. The van der Waals surface area contributed by atoms with Crippen molar-refractivity contribution < 1.29 is 0 Å². The second-order valence-corrected chi connectivity index (χ2v) is 3.78. The summed E-state index contributed by atoms with van der Waals surface area (Å²) < 4.78 is 3.89. The lowest BCUT2D eigenvalue weighted by atomic mass is 10.4. The molecule has 0 amide bonds. The van der Waals surface area contributed by atoms with Gasteiger partial charge in [0.15, 0.2) is 0 Å². The van der Waals surface area contributed by atoms with Gasteiger partial charge in [-0.3, -0.25) is 9.08 Å². The summed E-state index contributed by atoms with van der Waals surface area (Å²) >= 11 is 0. The molecule has 0 unspecified atom stereocenters. The van der Waals surface area contributed by atoms with E-state index in [0.29, 0.717) is 0 Å². The molecule has 0 bridgehead atoms. The van der Waals surface area contributed by atoms with Crippen LogP contribution >= 0.6 is 0 Å². The average Bonchev–Trinajstić information content (AvgIpc) is 2.97. The minimum Gasteiger partial charge on any atom is -0.339 e. The van der Waals surface area contributed by atoms with Crippen LogP contribution in [0.5, 0.6) is 0 Å². The smallest absolute Gasteiger partial charge is 0.138 e. The average molecular weight is 227 g/mol. The normalized spacial score (nSPS) is 10.9. The van der Waals surface area contributed by atoms with Gasteiger partial charge in [0.2, 0.25) is 0 Å². The molecule has 86 valence electrons. The molecule has 0 saturated heterocycles. The van der Waals surface area contributed by atoms with Gasteiger partial charge in [-0.25, -0.2) is 4.98 Å². The number of fused-ring (bicyclic) bond motifs is 1. The predicted molar refractivity (Wildman–Crippen MR) is 66.4 cm³/mol. The summed E-state index contributed by atoms with van der Waals surface area (Å²) in [4.78, 5) is 4.24. The summed E-state index contributed by atoms with van der Waals surface area (Å²) in [6, 6.07) is 5.97. The van der Waals surface area contributed by atoms with E-state index in [4.69, 9.17) is 0 Å². The molecular formula is C12H13N5. The molecule has 3 aromatic heterocycles. The summed E-state index contributed by atoms with van der Waals surface area (Å²) in [5.74, 6) is 0.982. The number of aryl methyl sites for hydroxylation is 1. The first-order valence-electron chi connectivity index (χ1n) is 5.58. The summed E-state index contributed by atoms with van der Waals surface area (Å²) in [5.41, 5.74) is 1.91. The number of anilines is 2. The van der Waals surface area contributed by atoms with Crippen LogP contribution in [-0.2, 0) is 6.54 Å². The van der Waals surface area contributed by atoms with Crippen molar-refractivity contribution in [2.24, 2.45) is 0 Å². The highest BCUT2D eigenvalue weighted by atomic mass is 15.3. The Labute approximate surface area is 98.7 Å². The highest BCUT2D eigenvalue weighted by Crippen LogP contribution is 2.16. The first kappa shape index (κ1) is 9.89. The van der Waals surface area contributed by atoms with Gasteiger partial charge in [-0.05, 0) is 19.1 Å². The minimum absolute atomic E-state index is 0.872. The van der Waals surface area contributed by atoms with Gasteiger partial charge in [-0.2, -0.15) is 5.10 Å². The molecule has 0 spiro atoms. The lowest BCUT2D eigenvalue weighted by Crippen LogP contribution is -1.96. The van der Waals surface area contributed by atoms with Crippen LogP contribution in [0.25, 0.3) is 5.65 Å². The highest BCUT2D eigenvalue weighted by molar-refractivity contribution is 5.58. The van der Waals surface area contributed by atoms with Crippen molar-refractivity contribution in [3.63, 3.8) is 0 Å². The van der Waals surface area contributed by atoms with E-state index < -0.39 is 0 Å². The molecule has 3 aromatic rings. The van der Waals surface area contributed by atoms with Gasteiger partial charge >= 0.3 is 0 Å². The summed E-state index contributed by atoms with van der Waals surface area (Å²) in [6.45, 7) is 2.93. The quantitative estimate of drug-likeness (QED) is 0.746. The zero-order valence-corrected chi connectivity index (χ0v) is 9.54. The monoisotopic (exact) mass is 227 g/mol. The third kappa shape index (κ3) is 1.75. The lowest BCUT2D eigenvalue weighted by Gasteiger charge is -2.06. The van der Waals surface area contributed by atoms with E-state index in [0.717, 1.165) is 23.7 Å². The Morgan fingerprint density at radius 2 is 2.29 bits per heavy atom. The summed E-state index contributed by atoms with van der Waals surface area (Å²) in [6.07, 6.45) is 7.52. The second kappa shape index (κ2) is 3.93. The molecule has 0 aliphatic carbocycles. The van der Waals surface area contributed by atoms with Crippen molar-refractivity contribution >= 4 is 17.2 Å². The SMILES string of the molecule is CCn1cc(Nc2cccc3nccn23)cn1. The Balaban J connectivity index is 1.96. The van der Waals surface area contributed by atoms with Crippen LogP contribution in [0.15, 0.2) is 43.0 Å². The van der Waals surface area contributed by atoms with E-state index in [2.05, 4.69) is 22.3 Å². The Morgan fingerprint density at radius 1 is 1.35 bits per heavy atom. The molecule has 5 heteroatoms. The zero-order chi connectivity index (χ0) is 11.7. The maximum absolute atomic E-state index is 4.24. The van der Waals surface area contributed by atoms with Gasteiger partial charge < -0.3 is 5.32 Å². The number of aromatic nitrogens is 4. The molecule has 0 fully saturated rings. The Hall–Kier alpha value is -2.30. The number of rotatable bonds is 3. The van der Waals surface area contributed by atoms with Crippen LogP contribution < -0.4 is 5.32 Å². The van der Waals surface area contributed by atoms with E-state index >= 15 is 0 Å². The van der Waals surface area contributed by atoms with Gasteiger partial charge in [0.1, 0.15) is 11.5 Å². The van der Waals surface area contributed by atoms with Crippen LogP contribution in [0, 0.1) is 0 Å². The van der Waals surface area contributed by atoms with Crippen LogP contribution in [0.3, 0.4) is 0 Å². The van der Waals surface area contributed by atoms with E-state index in [1.807, 2.05) is 45.9 Å². The molecule has 1 N–H and O–H groups in total. The Bertz CT molecular complexity index is 637. The second-order valence-electron chi connectivity index (χ2n) is 3.78. The van der Waals surface area contributed by atoms with Crippen molar-refractivity contribution in [2.45, 2.75) is 13.5 Å². The lowest BCUT2D eigenvalue weighted by molar-refractivity contribution is 0.660. The van der Waals surface area contributed by atoms with Crippen LogP contribution in [0.1, 0.15) is 6.92 Å². The van der Waals surface area contributed by atoms with E-state index in [1.54, 1.807) is 6.20 Å². The fourth-order valence-corrected chi connectivity index (χ4v) is 1.80. The topological polar surface area (TPSA) is 47.2 Å². The third-order valence-corrected chi connectivity index (χ3v) is 2.66. The fraction of sp³-hybridized carbons (Fsp3) is 0.167. The number of pyridine rings is 1. The van der Waals surface area contributed by atoms with Crippen molar-refractivity contribution in [2.75, 3.05) is 5.32 Å². The van der Waals surface area contributed by atoms with Crippen molar-refractivity contribution in [1.82, 2.24) is 19.2 Å². The third-order valence-electron chi connectivity index (χ3n) is 2.66. The Kier molecular flexibility index (Phi) is 2.29. The summed E-state index contributed by atoms with van der Waals surface area (Å²) in [5, 5.41) is 7.56. The van der Waals surface area contributed by atoms with Gasteiger partial charge in [0, 0.05) is 25.1 Å². The van der Waals surface area contributed by atoms with E-state index in [1.165, 1.54) is 0 Å². The molecule has 0 aliphatic rings. The van der Waals surface area contributed by atoms with Gasteiger partial charge in [0.25, 0.3) is 0 Å². The van der Waals surface area contributed by atoms with E-state index in [-0.39, 0.29) is 0 Å². The molecule has 3 heterocycles. The first-order chi connectivity index (χ1) is 8.36. The molecule has 3 rings (SSSR count). The molecule has 0 saturated carbocycles. The summed E-state index contributed by atoms with van der Waals surface area (Å²) in [7, 11) is 0. The number of nitrogens with one attached hydrogen (secondary N) is 1. The maximum Gasteiger partial charge on any atom is 0.138 e.